The van der Waals surface area contributed by atoms with E-state index in [2.05, 4.69) is 10.1 Å². The molecular formula is C16H14F3NO3. The van der Waals surface area contributed by atoms with Gasteiger partial charge in [-0.2, -0.15) is 13.2 Å². The lowest BCUT2D eigenvalue weighted by Gasteiger charge is -2.18. The molecule has 4 nitrogen and oxygen atoms in total. The number of fused-ring (bicyclic) bond motifs is 1. The van der Waals surface area contributed by atoms with E-state index in [0.717, 1.165) is 17.9 Å². The summed E-state index contributed by atoms with van der Waals surface area (Å²) in [6, 6.07) is 10.9. The zero-order chi connectivity index (χ0) is 17.0. The minimum Gasteiger partial charge on any atom is -0.467 e. The Labute approximate surface area is 130 Å². The van der Waals surface area contributed by atoms with Gasteiger partial charge in [0.05, 0.1) is 7.11 Å². The second-order valence-corrected chi connectivity index (χ2v) is 4.92. The molecular weight excluding hydrogens is 311 g/mol. The van der Waals surface area contributed by atoms with Gasteiger partial charge < -0.3 is 10.1 Å². The lowest BCUT2D eigenvalue weighted by Crippen LogP contribution is -2.36. The molecule has 0 aliphatic rings. The predicted molar refractivity (Wildman–Crippen MR) is 77.5 cm³/mol. The van der Waals surface area contributed by atoms with Gasteiger partial charge in [0.1, 0.15) is 6.42 Å². The highest BCUT2D eigenvalue weighted by Gasteiger charge is 2.33. The third-order valence-electron chi connectivity index (χ3n) is 3.21. The Hall–Kier alpha value is -2.57. The number of benzene rings is 2. The van der Waals surface area contributed by atoms with Crippen LogP contribution < -0.4 is 5.32 Å². The fraction of sp³-hybridized carbons (Fsp3) is 0.250. The number of amides is 1. The van der Waals surface area contributed by atoms with Crippen molar-refractivity contribution in [3.05, 3.63) is 48.0 Å². The van der Waals surface area contributed by atoms with Gasteiger partial charge in [0.15, 0.2) is 6.04 Å². The fourth-order valence-corrected chi connectivity index (χ4v) is 2.18. The topological polar surface area (TPSA) is 55.4 Å². The first-order valence-corrected chi connectivity index (χ1v) is 6.73. The zero-order valence-electron chi connectivity index (χ0n) is 12.2. The third kappa shape index (κ3) is 4.45. The van der Waals surface area contributed by atoms with Crippen molar-refractivity contribution in [3.63, 3.8) is 0 Å². The minimum absolute atomic E-state index is 0.353. The van der Waals surface area contributed by atoms with Crippen LogP contribution in [0, 0.1) is 0 Å². The summed E-state index contributed by atoms with van der Waals surface area (Å²) < 4.78 is 41.4. The van der Waals surface area contributed by atoms with E-state index in [-0.39, 0.29) is 0 Å². The smallest absolute Gasteiger partial charge is 0.397 e. The molecule has 1 atom stereocenters. The molecule has 0 saturated heterocycles. The molecule has 0 fully saturated rings. The monoisotopic (exact) mass is 325 g/mol. The van der Waals surface area contributed by atoms with E-state index >= 15 is 0 Å². The van der Waals surface area contributed by atoms with Gasteiger partial charge in [-0.15, -0.1) is 0 Å². The highest BCUT2D eigenvalue weighted by molar-refractivity contribution is 5.88. The molecule has 0 heterocycles. The van der Waals surface area contributed by atoms with E-state index < -0.39 is 30.5 Å². The molecule has 0 spiro atoms. The van der Waals surface area contributed by atoms with Gasteiger partial charge in [0.2, 0.25) is 5.91 Å². The highest BCUT2D eigenvalue weighted by atomic mass is 19.4. The largest absolute Gasteiger partial charge is 0.467 e. The van der Waals surface area contributed by atoms with Crippen LogP contribution >= 0.6 is 0 Å². The van der Waals surface area contributed by atoms with Crippen molar-refractivity contribution >= 4 is 22.6 Å². The summed E-state index contributed by atoms with van der Waals surface area (Å²) in [6.07, 6.45) is -6.30. The molecule has 23 heavy (non-hydrogen) atoms. The molecule has 7 heteroatoms. The number of hydrogen-bond acceptors (Lipinski definition) is 3. The van der Waals surface area contributed by atoms with Gasteiger partial charge in [-0.1, -0.05) is 36.4 Å². The number of carbonyl (C=O) groups is 2. The van der Waals surface area contributed by atoms with Crippen molar-refractivity contribution < 1.29 is 27.5 Å². The number of nitrogens with one attached hydrogen (secondary N) is 1. The highest BCUT2D eigenvalue weighted by Crippen LogP contribution is 2.23. The average Bonchev–Trinajstić information content (AvgIpc) is 2.49. The SMILES string of the molecule is COC(=O)[C@H](NC(=O)CC(F)(F)F)c1ccc2ccccc2c1. The molecule has 2 rings (SSSR count). The second-order valence-electron chi connectivity index (χ2n) is 4.92. The standard InChI is InChI=1S/C16H14F3NO3/c1-23-15(22)14(20-13(21)9-16(17,18)19)12-7-6-10-4-2-3-5-11(10)8-12/h2-8,14H,9H2,1H3,(H,20,21)/t14-/m1/s1. The van der Waals surface area contributed by atoms with Crippen LogP contribution in [0.1, 0.15) is 18.0 Å². The van der Waals surface area contributed by atoms with Gasteiger partial charge in [0.25, 0.3) is 0 Å². The van der Waals surface area contributed by atoms with E-state index in [1.165, 1.54) is 0 Å². The maximum atomic E-state index is 12.3. The third-order valence-corrected chi connectivity index (χ3v) is 3.21. The van der Waals surface area contributed by atoms with Crippen LogP contribution in [-0.4, -0.2) is 25.2 Å². The van der Waals surface area contributed by atoms with Crippen LogP contribution in [0.15, 0.2) is 42.5 Å². The van der Waals surface area contributed by atoms with Crippen molar-refractivity contribution in [2.24, 2.45) is 0 Å². The van der Waals surface area contributed by atoms with Gasteiger partial charge in [-0.25, -0.2) is 4.79 Å². The van der Waals surface area contributed by atoms with Gasteiger partial charge in [-0.3, -0.25) is 4.79 Å². The van der Waals surface area contributed by atoms with E-state index in [9.17, 15) is 22.8 Å². The molecule has 0 saturated carbocycles. The lowest BCUT2D eigenvalue weighted by molar-refractivity contribution is -0.157. The van der Waals surface area contributed by atoms with Crippen LogP contribution in [0.25, 0.3) is 10.8 Å². The van der Waals surface area contributed by atoms with E-state index in [1.54, 1.807) is 30.3 Å². The van der Waals surface area contributed by atoms with Crippen LogP contribution in [0.2, 0.25) is 0 Å². The van der Waals surface area contributed by atoms with Crippen LogP contribution in [0.5, 0.6) is 0 Å². The Bertz CT molecular complexity index is 728. The molecule has 0 bridgehead atoms. The first-order chi connectivity index (χ1) is 10.8. The molecule has 122 valence electrons. The van der Waals surface area contributed by atoms with E-state index in [4.69, 9.17) is 0 Å². The minimum atomic E-state index is -4.64. The summed E-state index contributed by atoms with van der Waals surface area (Å²) in [7, 11) is 1.10. The summed E-state index contributed by atoms with van der Waals surface area (Å²) in [5, 5.41) is 3.77. The van der Waals surface area contributed by atoms with Gasteiger partial charge in [-0.05, 0) is 22.4 Å². The summed E-state index contributed by atoms with van der Waals surface area (Å²) in [5.74, 6) is -2.13. The van der Waals surface area contributed by atoms with E-state index in [0.29, 0.717) is 5.56 Å². The Morgan fingerprint density at radius 3 is 2.39 bits per heavy atom. The van der Waals surface area contributed by atoms with Gasteiger partial charge >= 0.3 is 12.1 Å². The first-order valence-electron chi connectivity index (χ1n) is 6.73. The number of halogens is 3. The Kier molecular flexibility index (Phi) is 4.88. The molecule has 2 aromatic carbocycles. The van der Waals surface area contributed by atoms with Crippen molar-refractivity contribution in [2.45, 2.75) is 18.6 Å². The first kappa shape index (κ1) is 16.8. The molecule has 1 amide bonds. The van der Waals surface area contributed by atoms with Crippen LogP contribution in [0.3, 0.4) is 0 Å². The van der Waals surface area contributed by atoms with Crippen LogP contribution in [0.4, 0.5) is 13.2 Å². The molecule has 0 unspecified atom stereocenters. The Balaban J connectivity index is 2.29. The number of ether oxygens (including phenoxy) is 1. The number of carbonyl (C=O) groups excluding carboxylic acids is 2. The average molecular weight is 325 g/mol. The number of alkyl halides is 3. The Morgan fingerprint density at radius 1 is 1.13 bits per heavy atom. The van der Waals surface area contributed by atoms with Crippen LogP contribution in [-0.2, 0) is 14.3 Å². The molecule has 0 radical (unpaired) electrons. The normalized spacial score (nSPS) is 12.7. The quantitative estimate of drug-likeness (QED) is 0.879. The number of rotatable bonds is 4. The zero-order valence-corrected chi connectivity index (χ0v) is 12.2. The lowest BCUT2D eigenvalue weighted by atomic mass is 10.0. The molecule has 1 N–H and O–H groups in total. The summed E-state index contributed by atoms with van der Waals surface area (Å²) in [4.78, 5) is 23.3. The van der Waals surface area contributed by atoms with Crippen molar-refractivity contribution in [1.82, 2.24) is 5.32 Å². The predicted octanol–water partition coefficient (Wildman–Crippen LogP) is 3.12. The van der Waals surface area contributed by atoms with E-state index in [1.807, 2.05) is 12.1 Å². The number of esters is 1. The molecule has 0 aromatic heterocycles. The molecule has 0 aliphatic carbocycles. The van der Waals surface area contributed by atoms with Gasteiger partial charge in [0, 0.05) is 0 Å². The summed E-state index contributed by atoms with van der Waals surface area (Å²) in [6.45, 7) is 0. The Morgan fingerprint density at radius 2 is 1.78 bits per heavy atom. The maximum absolute atomic E-state index is 12.3. The summed E-state index contributed by atoms with van der Waals surface area (Å²) >= 11 is 0. The number of methoxy groups -OCH3 is 1. The van der Waals surface area contributed by atoms with Crippen molar-refractivity contribution in [1.29, 1.82) is 0 Å². The summed E-state index contributed by atoms with van der Waals surface area (Å²) in [5.41, 5.74) is 0.353. The van der Waals surface area contributed by atoms with Crippen molar-refractivity contribution in [2.75, 3.05) is 7.11 Å². The number of hydrogen-bond donors (Lipinski definition) is 1. The second kappa shape index (κ2) is 6.68. The van der Waals surface area contributed by atoms with Crippen molar-refractivity contribution in [3.8, 4) is 0 Å². The fourth-order valence-electron chi connectivity index (χ4n) is 2.18. The molecule has 2 aromatic rings. The molecule has 0 aliphatic heterocycles. The maximum Gasteiger partial charge on any atom is 0.397 e.